The van der Waals surface area contributed by atoms with Crippen molar-refractivity contribution in [3.05, 3.63) is 0 Å². The highest BCUT2D eigenvalue weighted by atomic mass is 127. The van der Waals surface area contributed by atoms with Crippen LogP contribution < -0.4 is 0 Å². The molecule has 0 aliphatic carbocycles. The Labute approximate surface area is 83.7 Å². The van der Waals surface area contributed by atoms with Crippen molar-refractivity contribution >= 4 is 22.6 Å². The number of hydrogen-bond donors (Lipinski definition) is 1. The molecule has 0 aliphatic heterocycles. The van der Waals surface area contributed by atoms with Crippen LogP contribution in [0.5, 0.6) is 0 Å². The Morgan fingerprint density at radius 2 is 1.91 bits per heavy atom. The fourth-order valence-electron chi connectivity index (χ4n) is 1.08. The summed E-state index contributed by atoms with van der Waals surface area (Å²) in [6.45, 7) is 2.21. The van der Waals surface area contributed by atoms with E-state index in [0.29, 0.717) is 0 Å². The maximum absolute atomic E-state index is 9.34. The van der Waals surface area contributed by atoms with Crippen molar-refractivity contribution in [2.45, 2.75) is 51.6 Å². The van der Waals surface area contributed by atoms with Crippen LogP contribution in [0, 0.1) is 0 Å². The number of aliphatic hydroxyl groups excluding tert-OH is 1. The van der Waals surface area contributed by atoms with Crippen molar-refractivity contribution in [1.82, 2.24) is 0 Å². The van der Waals surface area contributed by atoms with Gasteiger partial charge in [-0.2, -0.15) is 0 Å². The SMILES string of the molecule is CCCCCCC(O)CCI. The molecule has 0 spiro atoms. The highest BCUT2D eigenvalue weighted by Crippen LogP contribution is 2.08. The van der Waals surface area contributed by atoms with Gasteiger partial charge in [0.15, 0.2) is 0 Å². The molecule has 1 N–H and O–H groups in total. The van der Waals surface area contributed by atoms with Crippen molar-refractivity contribution in [2.75, 3.05) is 4.43 Å². The summed E-state index contributed by atoms with van der Waals surface area (Å²) in [5, 5.41) is 9.34. The Balaban J connectivity index is 2.97. The lowest BCUT2D eigenvalue weighted by atomic mass is 10.1. The van der Waals surface area contributed by atoms with Gasteiger partial charge in [-0.25, -0.2) is 0 Å². The zero-order valence-electron chi connectivity index (χ0n) is 7.35. The van der Waals surface area contributed by atoms with E-state index in [9.17, 15) is 5.11 Å². The quantitative estimate of drug-likeness (QED) is 0.428. The molecule has 1 unspecified atom stereocenters. The first-order valence-corrected chi connectivity index (χ1v) is 6.07. The van der Waals surface area contributed by atoms with Crippen LogP contribution in [-0.2, 0) is 0 Å². The predicted molar refractivity (Wildman–Crippen MR) is 58.3 cm³/mol. The molecular weight excluding hydrogens is 251 g/mol. The molecule has 0 aromatic carbocycles. The molecular formula is C9H19IO. The van der Waals surface area contributed by atoms with Crippen LogP contribution in [0.3, 0.4) is 0 Å². The van der Waals surface area contributed by atoms with Gasteiger partial charge in [-0.15, -0.1) is 0 Å². The van der Waals surface area contributed by atoms with Gasteiger partial charge in [-0.05, 0) is 12.8 Å². The van der Waals surface area contributed by atoms with Crippen LogP contribution in [0.4, 0.5) is 0 Å². The van der Waals surface area contributed by atoms with Crippen molar-refractivity contribution < 1.29 is 5.11 Å². The van der Waals surface area contributed by atoms with Crippen LogP contribution >= 0.6 is 22.6 Å². The molecule has 0 bridgehead atoms. The molecule has 11 heavy (non-hydrogen) atoms. The highest BCUT2D eigenvalue weighted by molar-refractivity contribution is 14.1. The molecule has 1 atom stereocenters. The summed E-state index contributed by atoms with van der Waals surface area (Å²) in [6.07, 6.45) is 7.01. The molecule has 0 heterocycles. The zero-order chi connectivity index (χ0) is 8.53. The maximum Gasteiger partial charge on any atom is 0.0547 e. The first-order valence-electron chi connectivity index (χ1n) is 4.55. The van der Waals surface area contributed by atoms with Crippen LogP contribution in [0.2, 0.25) is 0 Å². The van der Waals surface area contributed by atoms with Gasteiger partial charge in [0.2, 0.25) is 0 Å². The smallest absolute Gasteiger partial charge is 0.0547 e. The van der Waals surface area contributed by atoms with Crippen LogP contribution in [-0.4, -0.2) is 15.6 Å². The molecule has 0 saturated carbocycles. The van der Waals surface area contributed by atoms with Crippen LogP contribution in [0.1, 0.15) is 45.4 Å². The van der Waals surface area contributed by atoms with E-state index >= 15 is 0 Å². The third-order valence-electron chi connectivity index (χ3n) is 1.83. The molecule has 0 aliphatic rings. The van der Waals surface area contributed by atoms with Gasteiger partial charge in [0, 0.05) is 4.43 Å². The zero-order valence-corrected chi connectivity index (χ0v) is 9.51. The van der Waals surface area contributed by atoms with Gasteiger partial charge < -0.3 is 5.11 Å². The molecule has 1 nitrogen and oxygen atoms in total. The Hall–Kier alpha value is 0.690. The van der Waals surface area contributed by atoms with Gasteiger partial charge in [0.1, 0.15) is 0 Å². The molecule has 0 rings (SSSR count). The largest absolute Gasteiger partial charge is 0.393 e. The second kappa shape index (κ2) is 8.78. The van der Waals surface area contributed by atoms with Gasteiger partial charge in [0.05, 0.1) is 6.10 Å². The molecule has 0 amide bonds. The second-order valence-corrected chi connectivity index (χ2v) is 4.06. The minimum Gasteiger partial charge on any atom is -0.393 e. The Morgan fingerprint density at radius 1 is 1.18 bits per heavy atom. The monoisotopic (exact) mass is 270 g/mol. The first kappa shape index (κ1) is 11.7. The molecule has 0 aromatic rings. The Kier molecular flexibility index (Phi) is 9.33. The fourth-order valence-corrected chi connectivity index (χ4v) is 1.80. The summed E-state index contributed by atoms with van der Waals surface area (Å²) in [4.78, 5) is 0. The van der Waals surface area contributed by atoms with E-state index in [4.69, 9.17) is 0 Å². The van der Waals surface area contributed by atoms with Crippen molar-refractivity contribution in [1.29, 1.82) is 0 Å². The average Bonchev–Trinajstić information content (AvgIpc) is 1.99. The van der Waals surface area contributed by atoms with E-state index in [1.54, 1.807) is 0 Å². The number of unbranched alkanes of at least 4 members (excludes halogenated alkanes) is 3. The van der Waals surface area contributed by atoms with Crippen LogP contribution in [0.15, 0.2) is 0 Å². The second-order valence-electron chi connectivity index (χ2n) is 2.98. The summed E-state index contributed by atoms with van der Waals surface area (Å²) >= 11 is 2.31. The lowest BCUT2D eigenvalue weighted by molar-refractivity contribution is 0.158. The number of alkyl halides is 1. The Bertz CT molecular complexity index is 76.0. The van der Waals surface area contributed by atoms with Crippen molar-refractivity contribution in [2.24, 2.45) is 0 Å². The lowest BCUT2D eigenvalue weighted by Crippen LogP contribution is -2.06. The average molecular weight is 270 g/mol. The number of hydrogen-bond acceptors (Lipinski definition) is 1. The molecule has 0 aromatic heterocycles. The van der Waals surface area contributed by atoms with Gasteiger partial charge in [-0.3, -0.25) is 0 Å². The third kappa shape index (κ3) is 8.60. The van der Waals surface area contributed by atoms with E-state index in [2.05, 4.69) is 29.5 Å². The Morgan fingerprint density at radius 3 is 2.45 bits per heavy atom. The summed E-state index contributed by atoms with van der Waals surface area (Å²) < 4.78 is 1.08. The lowest BCUT2D eigenvalue weighted by Gasteiger charge is -2.07. The molecule has 0 saturated heterocycles. The molecule has 2 heteroatoms. The maximum atomic E-state index is 9.34. The predicted octanol–water partition coefficient (Wildman–Crippen LogP) is 3.14. The van der Waals surface area contributed by atoms with E-state index in [-0.39, 0.29) is 6.10 Å². The van der Waals surface area contributed by atoms with Gasteiger partial charge in [-0.1, -0.05) is 55.2 Å². The number of aliphatic hydroxyl groups is 1. The van der Waals surface area contributed by atoms with Crippen molar-refractivity contribution in [3.63, 3.8) is 0 Å². The highest BCUT2D eigenvalue weighted by Gasteiger charge is 2.01. The first-order chi connectivity index (χ1) is 5.31. The van der Waals surface area contributed by atoms with Gasteiger partial charge in [0.25, 0.3) is 0 Å². The fraction of sp³-hybridized carbons (Fsp3) is 1.00. The molecule has 0 radical (unpaired) electrons. The van der Waals surface area contributed by atoms with E-state index in [1.165, 1.54) is 25.7 Å². The normalized spacial score (nSPS) is 13.4. The summed E-state index contributed by atoms with van der Waals surface area (Å²) in [6, 6.07) is 0. The minimum atomic E-state index is -0.0382. The number of rotatable bonds is 7. The number of halogens is 1. The van der Waals surface area contributed by atoms with E-state index < -0.39 is 0 Å². The summed E-state index contributed by atoms with van der Waals surface area (Å²) in [5.74, 6) is 0. The van der Waals surface area contributed by atoms with E-state index in [0.717, 1.165) is 17.3 Å². The van der Waals surface area contributed by atoms with Gasteiger partial charge >= 0.3 is 0 Å². The molecule has 0 fully saturated rings. The van der Waals surface area contributed by atoms with Crippen LogP contribution in [0.25, 0.3) is 0 Å². The topological polar surface area (TPSA) is 20.2 Å². The van der Waals surface area contributed by atoms with Crippen molar-refractivity contribution in [3.8, 4) is 0 Å². The van der Waals surface area contributed by atoms with E-state index in [1.807, 2.05) is 0 Å². The minimum absolute atomic E-state index is 0.0382. The third-order valence-corrected chi connectivity index (χ3v) is 2.46. The molecule has 68 valence electrons. The standard InChI is InChI=1S/C9H19IO/c1-2-3-4-5-6-9(11)7-8-10/h9,11H,2-8H2,1H3. The summed E-state index contributed by atoms with van der Waals surface area (Å²) in [5.41, 5.74) is 0. The summed E-state index contributed by atoms with van der Waals surface area (Å²) in [7, 11) is 0.